The lowest BCUT2D eigenvalue weighted by atomic mass is 10.0. The third-order valence-corrected chi connectivity index (χ3v) is 4.89. The zero-order chi connectivity index (χ0) is 18.1. The zero-order valence-electron chi connectivity index (χ0n) is 14.8. The number of benzene rings is 1. The van der Waals surface area contributed by atoms with Gasteiger partial charge in [0.25, 0.3) is 5.91 Å². The average molecular weight is 351 g/mol. The predicted octanol–water partition coefficient (Wildman–Crippen LogP) is 2.17. The number of hydrogen-bond donors (Lipinski definition) is 1. The summed E-state index contributed by atoms with van der Waals surface area (Å²) in [5.41, 5.74) is 3.32. The van der Waals surface area contributed by atoms with Gasteiger partial charge in [-0.2, -0.15) is 5.10 Å². The normalized spacial score (nSPS) is 17.5. The maximum absolute atomic E-state index is 12.9. The van der Waals surface area contributed by atoms with Gasteiger partial charge in [0.15, 0.2) is 11.5 Å². The van der Waals surface area contributed by atoms with E-state index in [2.05, 4.69) is 27.7 Å². The lowest BCUT2D eigenvalue weighted by Crippen LogP contribution is -2.48. The van der Waals surface area contributed by atoms with E-state index in [1.54, 1.807) is 16.9 Å². The minimum absolute atomic E-state index is 0.107. The van der Waals surface area contributed by atoms with Crippen molar-refractivity contribution in [3.05, 3.63) is 59.5 Å². The molecule has 0 aliphatic carbocycles. The second-order valence-electron chi connectivity index (χ2n) is 6.51. The van der Waals surface area contributed by atoms with Gasteiger partial charge in [-0.3, -0.25) is 9.48 Å². The Bertz CT molecular complexity index is 915. The van der Waals surface area contributed by atoms with Crippen LogP contribution in [0.25, 0.3) is 11.3 Å². The topological polar surface area (TPSA) is 76.2 Å². The minimum atomic E-state index is -0.107. The Morgan fingerprint density at radius 1 is 1.31 bits per heavy atom. The van der Waals surface area contributed by atoms with Gasteiger partial charge in [-0.25, -0.2) is 0 Å². The molecule has 134 valence electrons. The largest absolute Gasteiger partial charge is 0.355 e. The Labute approximate surface area is 151 Å². The second kappa shape index (κ2) is 6.76. The summed E-state index contributed by atoms with van der Waals surface area (Å²) >= 11 is 0. The van der Waals surface area contributed by atoms with Crippen LogP contribution in [0.4, 0.5) is 0 Å². The number of hydrogen-bond acceptors (Lipinski definition) is 5. The fourth-order valence-electron chi connectivity index (χ4n) is 3.25. The van der Waals surface area contributed by atoms with E-state index in [9.17, 15) is 4.79 Å². The highest BCUT2D eigenvalue weighted by Crippen LogP contribution is 2.24. The molecule has 1 aromatic carbocycles. The Morgan fingerprint density at radius 3 is 2.85 bits per heavy atom. The first kappa shape index (κ1) is 16.5. The quantitative estimate of drug-likeness (QED) is 0.783. The van der Waals surface area contributed by atoms with Crippen LogP contribution in [0.15, 0.2) is 47.1 Å². The molecule has 1 fully saturated rings. The standard InChI is InChI=1S/C19H21N5O2/c1-13-15(11-21-23(13)2)18-10-16(22-26-18)19(25)24-9-8-20-17(12-24)14-6-4-3-5-7-14/h3-7,10-11,17,20H,8-9,12H2,1-2H3/t17-/m0/s1. The Balaban J connectivity index is 1.52. The summed E-state index contributed by atoms with van der Waals surface area (Å²) in [5, 5.41) is 11.7. The van der Waals surface area contributed by atoms with E-state index in [1.165, 1.54) is 5.56 Å². The maximum Gasteiger partial charge on any atom is 0.276 e. The number of carbonyl (C=O) groups excluding carboxylic acids is 1. The molecule has 1 amide bonds. The molecule has 7 nitrogen and oxygen atoms in total. The summed E-state index contributed by atoms with van der Waals surface area (Å²) in [6.07, 6.45) is 1.72. The number of nitrogens with one attached hydrogen (secondary N) is 1. The highest BCUT2D eigenvalue weighted by molar-refractivity contribution is 5.93. The average Bonchev–Trinajstić information content (AvgIpc) is 3.29. The Hall–Kier alpha value is -2.93. The molecule has 4 rings (SSSR count). The van der Waals surface area contributed by atoms with Crippen LogP contribution < -0.4 is 5.32 Å². The fraction of sp³-hybridized carbons (Fsp3) is 0.316. The molecule has 1 N–H and O–H groups in total. The number of rotatable bonds is 3. The van der Waals surface area contributed by atoms with Gasteiger partial charge >= 0.3 is 0 Å². The summed E-state index contributed by atoms with van der Waals surface area (Å²) < 4.78 is 7.17. The van der Waals surface area contributed by atoms with E-state index in [1.807, 2.05) is 37.1 Å². The van der Waals surface area contributed by atoms with Crippen LogP contribution in [0.5, 0.6) is 0 Å². The molecule has 1 aliphatic heterocycles. The van der Waals surface area contributed by atoms with Gasteiger partial charge < -0.3 is 14.7 Å². The number of aromatic nitrogens is 3. The van der Waals surface area contributed by atoms with Crippen molar-refractivity contribution in [2.24, 2.45) is 7.05 Å². The van der Waals surface area contributed by atoms with Crippen molar-refractivity contribution in [3.63, 3.8) is 0 Å². The van der Waals surface area contributed by atoms with E-state index in [-0.39, 0.29) is 11.9 Å². The van der Waals surface area contributed by atoms with Crippen LogP contribution in [-0.4, -0.2) is 45.4 Å². The second-order valence-corrected chi connectivity index (χ2v) is 6.51. The van der Waals surface area contributed by atoms with Gasteiger partial charge in [0.05, 0.1) is 11.8 Å². The first-order chi connectivity index (χ1) is 12.6. The van der Waals surface area contributed by atoms with E-state index < -0.39 is 0 Å². The van der Waals surface area contributed by atoms with Gasteiger partial charge in [-0.05, 0) is 12.5 Å². The minimum Gasteiger partial charge on any atom is -0.355 e. The van der Waals surface area contributed by atoms with Crippen molar-refractivity contribution in [2.75, 3.05) is 19.6 Å². The predicted molar refractivity (Wildman–Crippen MR) is 96.5 cm³/mol. The molecule has 0 radical (unpaired) electrons. The fourth-order valence-corrected chi connectivity index (χ4v) is 3.25. The SMILES string of the molecule is Cc1c(-c2cc(C(=O)N3CCN[C@H](c4ccccc4)C3)no2)cnn1C. The monoisotopic (exact) mass is 351 g/mol. The maximum atomic E-state index is 12.9. The molecule has 26 heavy (non-hydrogen) atoms. The van der Waals surface area contributed by atoms with Gasteiger partial charge in [-0.1, -0.05) is 35.5 Å². The van der Waals surface area contributed by atoms with Crippen molar-refractivity contribution in [1.82, 2.24) is 25.2 Å². The number of piperazine rings is 1. The van der Waals surface area contributed by atoms with Gasteiger partial charge in [0.1, 0.15) is 0 Å². The Kier molecular flexibility index (Phi) is 4.30. The van der Waals surface area contributed by atoms with E-state index in [4.69, 9.17) is 4.52 Å². The number of carbonyl (C=O) groups is 1. The van der Waals surface area contributed by atoms with Crippen molar-refractivity contribution in [2.45, 2.75) is 13.0 Å². The molecular weight excluding hydrogens is 330 g/mol. The van der Waals surface area contributed by atoms with Crippen LogP contribution in [0.1, 0.15) is 27.8 Å². The molecule has 3 heterocycles. The molecule has 0 saturated carbocycles. The molecule has 2 aromatic heterocycles. The molecule has 0 bridgehead atoms. The van der Waals surface area contributed by atoms with Crippen LogP contribution in [0, 0.1) is 6.92 Å². The van der Waals surface area contributed by atoms with Crippen molar-refractivity contribution in [1.29, 1.82) is 0 Å². The smallest absolute Gasteiger partial charge is 0.276 e. The van der Waals surface area contributed by atoms with Gasteiger partial charge in [-0.15, -0.1) is 0 Å². The summed E-state index contributed by atoms with van der Waals surface area (Å²) in [6, 6.07) is 12.0. The molecule has 0 unspecified atom stereocenters. The van der Waals surface area contributed by atoms with Crippen LogP contribution in [0.3, 0.4) is 0 Å². The summed E-state index contributed by atoms with van der Waals surface area (Å²) in [4.78, 5) is 14.7. The zero-order valence-corrected chi connectivity index (χ0v) is 14.8. The van der Waals surface area contributed by atoms with Gasteiger partial charge in [0.2, 0.25) is 0 Å². The molecule has 1 aliphatic rings. The highest BCUT2D eigenvalue weighted by Gasteiger charge is 2.27. The summed E-state index contributed by atoms with van der Waals surface area (Å²) in [6.45, 7) is 3.96. The third kappa shape index (κ3) is 3.01. The molecule has 1 saturated heterocycles. The Morgan fingerprint density at radius 2 is 2.12 bits per heavy atom. The van der Waals surface area contributed by atoms with Crippen LogP contribution in [0.2, 0.25) is 0 Å². The number of amides is 1. The lowest BCUT2D eigenvalue weighted by Gasteiger charge is -2.33. The van der Waals surface area contributed by atoms with Crippen LogP contribution in [-0.2, 0) is 7.05 Å². The molecule has 7 heteroatoms. The van der Waals surface area contributed by atoms with Crippen molar-refractivity contribution >= 4 is 5.91 Å². The number of aryl methyl sites for hydroxylation is 1. The van der Waals surface area contributed by atoms with Gasteiger partial charge in [0, 0.05) is 44.5 Å². The highest BCUT2D eigenvalue weighted by atomic mass is 16.5. The first-order valence-electron chi connectivity index (χ1n) is 8.67. The molecule has 0 spiro atoms. The molecule has 3 aromatic rings. The molecular formula is C19H21N5O2. The first-order valence-corrected chi connectivity index (χ1v) is 8.67. The lowest BCUT2D eigenvalue weighted by molar-refractivity contribution is 0.0692. The summed E-state index contributed by atoms with van der Waals surface area (Å²) in [5.74, 6) is 0.456. The van der Waals surface area contributed by atoms with E-state index >= 15 is 0 Å². The van der Waals surface area contributed by atoms with Crippen molar-refractivity contribution in [3.8, 4) is 11.3 Å². The molecule has 1 atom stereocenters. The number of nitrogens with zero attached hydrogens (tertiary/aromatic N) is 4. The van der Waals surface area contributed by atoms with Crippen LogP contribution >= 0.6 is 0 Å². The van der Waals surface area contributed by atoms with Crippen molar-refractivity contribution < 1.29 is 9.32 Å². The van der Waals surface area contributed by atoms with E-state index in [0.717, 1.165) is 17.8 Å². The summed E-state index contributed by atoms with van der Waals surface area (Å²) in [7, 11) is 1.87. The third-order valence-electron chi connectivity index (χ3n) is 4.89. The van der Waals surface area contributed by atoms with E-state index in [0.29, 0.717) is 24.5 Å².